The Hall–Kier alpha value is -2.13. The fourth-order valence-corrected chi connectivity index (χ4v) is 5.49. The molecule has 0 aromatic carbocycles. The SMILES string of the molecule is Cn1nncc1-c1cc(C(=O)N[C@@H](CC2CCCCC2)CN(C(=O)[O-])C(C)(C)C)sc1Cl. The number of thiophene rings is 1. The molecule has 3 rings (SSSR count). The first-order valence-electron chi connectivity index (χ1n) is 11.0. The summed E-state index contributed by atoms with van der Waals surface area (Å²) in [6.07, 6.45) is 6.91. The van der Waals surface area contributed by atoms with E-state index in [0.29, 0.717) is 20.7 Å². The average Bonchev–Trinajstić information content (AvgIpc) is 3.30. The van der Waals surface area contributed by atoms with E-state index in [4.69, 9.17) is 11.6 Å². The molecular weight excluding hydrogens is 450 g/mol. The molecule has 0 unspecified atom stereocenters. The quantitative estimate of drug-likeness (QED) is 0.650. The van der Waals surface area contributed by atoms with Gasteiger partial charge in [-0.05, 0) is 39.2 Å². The lowest BCUT2D eigenvalue weighted by molar-refractivity contribution is -0.270. The third-order valence-electron chi connectivity index (χ3n) is 6.01. The number of halogens is 1. The fraction of sp³-hybridized carbons (Fsp3) is 0.636. The van der Waals surface area contributed by atoms with Gasteiger partial charge in [0.2, 0.25) is 0 Å². The van der Waals surface area contributed by atoms with Crippen molar-refractivity contribution in [1.29, 1.82) is 0 Å². The highest BCUT2D eigenvalue weighted by molar-refractivity contribution is 7.18. The van der Waals surface area contributed by atoms with Crippen molar-refractivity contribution in [3.63, 3.8) is 0 Å². The number of aromatic nitrogens is 3. The number of hydrogen-bond donors (Lipinski definition) is 1. The van der Waals surface area contributed by atoms with Gasteiger partial charge in [-0.3, -0.25) is 4.79 Å². The molecule has 1 fully saturated rings. The van der Waals surface area contributed by atoms with Crippen LogP contribution in [0.3, 0.4) is 0 Å². The van der Waals surface area contributed by atoms with Crippen molar-refractivity contribution in [3.8, 4) is 11.3 Å². The summed E-state index contributed by atoms with van der Waals surface area (Å²) >= 11 is 7.60. The van der Waals surface area contributed by atoms with Gasteiger partial charge in [0.05, 0.1) is 16.8 Å². The number of carbonyl (C=O) groups excluding carboxylic acids is 2. The molecule has 0 aliphatic heterocycles. The maximum atomic E-state index is 13.1. The van der Waals surface area contributed by atoms with E-state index < -0.39 is 11.6 Å². The lowest BCUT2D eigenvalue weighted by atomic mass is 9.84. The smallest absolute Gasteiger partial charge is 0.261 e. The van der Waals surface area contributed by atoms with Crippen LogP contribution in [0, 0.1) is 5.92 Å². The van der Waals surface area contributed by atoms with E-state index in [-0.39, 0.29) is 18.5 Å². The highest BCUT2D eigenvalue weighted by Crippen LogP contribution is 2.35. The minimum Gasteiger partial charge on any atom is -0.530 e. The number of rotatable bonds is 7. The molecule has 0 bridgehead atoms. The molecule has 10 heteroatoms. The van der Waals surface area contributed by atoms with Crippen LogP contribution in [0.25, 0.3) is 11.3 Å². The van der Waals surface area contributed by atoms with Crippen molar-refractivity contribution < 1.29 is 14.7 Å². The highest BCUT2D eigenvalue weighted by Gasteiger charge is 2.28. The molecule has 0 spiro atoms. The summed E-state index contributed by atoms with van der Waals surface area (Å²) in [4.78, 5) is 26.7. The Kier molecular flexibility index (Phi) is 7.82. The van der Waals surface area contributed by atoms with E-state index in [1.165, 1.54) is 35.5 Å². The number of carboxylic acid groups (broad SMARTS) is 1. The van der Waals surface area contributed by atoms with Gasteiger partial charge < -0.3 is 20.1 Å². The summed E-state index contributed by atoms with van der Waals surface area (Å²) in [6, 6.07) is 1.42. The van der Waals surface area contributed by atoms with Gasteiger partial charge in [-0.15, -0.1) is 16.4 Å². The molecule has 1 saturated carbocycles. The van der Waals surface area contributed by atoms with Gasteiger partial charge in [0.1, 0.15) is 10.4 Å². The number of aryl methyl sites for hydroxylation is 1. The number of carbonyl (C=O) groups is 2. The molecule has 32 heavy (non-hydrogen) atoms. The first-order chi connectivity index (χ1) is 15.1. The van der Waals surface area contributed by atoms with Crippen LogP contribution < -0.4 is 10.4 Å². The van der Waals surface area contributed by atoms with Crippen LogP contribution in [0.5, 0.6) is 0 Å². The van der Waals surface area contributed by atoms with Gasteiger partial charge in [-0.1, -0.05) is 48.9 Å². The van der Waals surface area contributed by atoms with E-state index in [9.17, 15) is 14.7 Å². The molecule has 1 aliphatic carbocycles. The standard InChI is InChI=1S/C22H32ClN5O3S/c1-22(2,3)28(21(30)31)13-15(10-14-8-6-5-7-9-14)25-20(29)18-11-16(19(23)32-18)17-12-24-26-27(17)4/h11-12,14-15H,5-10,13H2,1-4H3,(H,25,29)(H,30,31)/p-1/t15-/m0/s1. The van der Waals surface area contributed by atoms with Gasteiger partial charge in [0, 0.05) is 30.7 Å². The van der Waals surface area contributed by atoms with Crippen LogP contribution >= 0.6 is 22.9 Å². The van der Waals surface area contributed by atoms with E-state index >= 15 is 0 Å². The van der Waals surface area contributed by atoms with Gasteiger partial charge in [0.25, 0.3) is 5.91 Å². The molecule has 0 radical (unpaired) electrons. The van der Waals surface area contributed by atoms with E-state index in [2.05, 4.69) is 15.6 Å². The van der Waals surface area contributed by atoms with Crippen molar-refractivity contribution in [3.05, 3.63) is 21.5 Å². The Morgan fingerprint density at radius 1 is 1.34 bits per heavy atom. The van der Waals surface area contributed by atoms with E-state index in [0.717, 1.165) is 25.0 Å². The summed E-state index contributed by atoms with van der Waals surface area (Å²) in [5.74, 6) is 0.215. The second-order valence-electron chi connectivity index (χ2n) is 9.50. The van der Waals surface area contributed by atoms with Crippen LogP contribution in [0.15, 0.2) is 12.3 Å². The molecular formula is C22H31ClN5O3S-. The number of nitrogens with zero attached hydrogens (tertiary/aromatic N) is 4. The van der Waals surface area contributed by atoms with Crippen LogP contribution in [0.1, 0.15) is 69.0 Å². The summed E-state index contributed by atoms with van der Waals surface area (Å²) in [7, 11) is 1.76. The Bertz CT molecular complexity index is 946. The first-order valence-corrected chi connectivity index (χ1v) is 12.2. The van der Waals surface area contributed by atoms with Crippen LogP contribution in [-0.4, -0.2) is 50.0 Å². The zero-order valence-electron chi connectivity index (χ0n) is 19.1. The Morgan fingerprint density at radius 2 is 2.03 bits per heavy atom. The molecule has 176 valence electrons. The summed E-state index contributed by atoms with van der Waals surface area (Å²) in [5, 5.41) is 22.7. The largest absolute Gasteiger partial charge is 0.530 e. The number of nitrogens with one attached hydrogen (secondary N) is 1. The molecule has 1 atom stereocenters. The molecule has 1 N–H and O–H groups in total. The third-order valence-corrected chi connectivity index (χ3v) is 7.37. The first kappa shape index (κ1) is 24.5. The minimum absolute atomic E-state index is 0.186. The zero-order chi connectivity index (χ0) is 23.5. The molecule has 8 nitrogen and oxygen atoms in total. The van der Waals surface area contributed by atoms with Crippen molar-refractivity contribution in [2.45, 2.75) is 70.9 Å². The topological polar surface area (TPSA) is 103 Å². The minimum atomic E-state index is -1.23. The third kappa shape index (κ3) is 6.01. The summed E-state index contributed by atoms with van der Waals surface area (Å²) < 4.78 is 2.08. The van der Waals surface area contributed by atoms with Crippen LogP contribution in [-0.2, 0) is 7.05 Å². The molecule has 2 aromatic heterocycles. The molecule has 2 heterocycles. The van der Waals surface area contributed by atoms with Crippen molar-refractivity contribution in [1.82, 2.24) is 25.2 Å². The van der Waals surface area contributed by atoms with Crippen LogP contribution in [0.4, 0.5) is 4.79 Å². The predicted molar refractivity (Wildman–Crippen MR) is 124 cm³/mol. The second kappa shape index (κ2) is 10.2. The van der Waals surface area contributed by atoms with Crippen molar-refractivity contribution in [2.24, 2.45) is 13.0 Å². The molecule has 0 saturated heterocycles. The predicted octanol–water partition coefficient (Wildman–Crippen LogP) is 3.71. The van der Waals surface area contributed by atoms with Gasteiger partial charge in [-0.25, -0.2) is 4.68 Å². The van der Waals surface area contributed by atoms with Gasteiger partial charge in [-0.2, -0.15) is 0 Å². The molecule has 2 aromatic rings. The van der Waals surface area contributed by atoms with Gasteiger partial charge in [0.15, 0.2) is 0 Å². The number of amides is 2. The normalized spacial score (nSPS) is 16.0. The van der Waals surface area contributed by atoms with Gasteiger partial charge >= 0.3 is 0 Å². The Labute approximate surface area is 197 Å². The second-order valence-corrected chi connectivity index (χ2v) is 11.2. The lowest BCUT2D eigenvalue weighted by Gasteiger charge is -2.41. The zero-order valence-corrected chi connectivity index (χ0v) is 20.6. The monoisotopic (exact) mass is 480 g/mol. The Morgan fingerprint density at radius 3 is 2.59 bits per heavy atom. The summed E-state index contributed by atoms with van der Waals surface area (Å²) in [5.41, 5.74) is 0.796. The molecule has 1 aliphatic rings. The maximum Gasteiger partial charge on any atom is 0.261 e. The van der Waals surface area contributed by atoms with E-state index in [1.807, 2.05) is 20.8 Å². The van der Waals surface area contributed by atoms with Crippen LogP contribution in [0.2, 0.25) is 4.34 Å². The highest BCUT2D eigenvalue weighted by atomic mass is 35.5. The lowest BCUT2D eigenvalue weighted by Crippen LogP contribution is -2.57. The Balaban J connectivity index is 1.79. The summed E-state index contributed by atoms with van der Waals surface area (Å²) in [6.45, 7) is 5.67. The maximum absolute atomic E-state index is 13.1. The van der Waals surface area contributed by atoms with Crippen molar-refractivity contribution in [2.75, 3.05) is 6.54 Å². The number of hydrogen-bond acceptors (Lipinski definition) is 6. The average molecular weight is 481 g/mol. The molecule has 2 amide bonds. The van der Waals surface area contributed by atoms with Crippen molar-refractivity contribution >= 4 is 34.9 Å². The van der Waals surface area contributed by atoms with E-state index in [1.54, 1.807) is 24.0 Å². The fourth-order valence-electron chi connectivity index (χ4n) is 4.29.